The molecule has 0 radical (unpaired) electrons. The number of allylic oxidation sites excluding steroid dienone is 2. The van der Waals surface area contributed by atoms with E-state index in [4.69, 9.17) is 9.47 Å². The zero-order valence-electron chi connectivity index (χ0n) is 15.6. The fourth-order valence-corrected chi connectivity index (χ4v) is 4.46. The lowest BCUT2D eigenvalue weighted by Gasteiger charge is -2.29. The third kappa shape index (κ3) is 2.67. The van der Waals surface area contributed by atoms with Crippen LogP contribution in [-0.4, -0.2) is 26.0 Å². The predicted molar refractivity (Wildman–Crippen MR) is 109 cm³/mol. The number of rotatable bonds is 3. The molecule has 0 amide bonds. The maximum Gasteiger partial charge on any atom is 0.336 e. The van der Waals surface area contributed by atoms with Crippen molar-refractivity contribution in [2.75, 3.05) is 14.2 Å². The van der Waals surface area contributed by atoms with Crippen LogP contribution in [0, 0.1) is 0 Å². The number of carbonyl (C=O) groups excluding carboxylic acids is 2. The maximum atomic E-state index is 13.3. The van der Waals surface area contributed by atoms with Gasteiger partial charge < -0.3 is 14.8 Å². The van der Waals surface area contributed by atoms with Crippen LogP contribution >= 0.6 is 15.9 Å². The Hall–Kier alpha value is -2.86. The van der Waals surface area contributed by atoms with Crippen LogP contribution in [0.15, 0.2) is 63.8 Å². The Balaban J connectivity index is 1.95. The van der Waals surface area contributed by atoms with Crippen LogP contribution in [0.3, 0.4) is 0 Å². The molecule has 0 bridgehead atoms. The van der Waals surface area contributed by atoms with Gasteiger partial charge in [0.15, 0.2) is 5.78 Å². The van der Waals surface area contributed by atoms with Gasteiger partial charge in [-0.3, -0.25) is 4.79 Å². The molecule has 2 aromatic rings. The smallest absolute Gasteiger partial charge is 0.336 e. The summed E-state index contributed by atoms with van der Waals surface area (Å²) in [5.41, 5.74) is 4.71. The lowest BCUT2D eigenvalue weighted by Crippen LogP contribution is -2.29. The number of esters is 1. The molecule has 1 aliphatic carbocycles. The van der Waals surface area contributed by atoms with Gasteiger partial charge in [0, 0.05) is 28.3 Å². The van der Waals surface area contributed by atoms with Gasteiger partial charge in [-0.1, -0.05) is 30.3 Å². The van der Waals surface area contributed by atoms with Crippen LogP contribution in [0.5, 0.6) is 5.75 Å². The largest absolute Gasteiger partial charge is 0.496 e. The first-order valence-corrected chi connectivity index (χ1v) is 9.55. The lowest BCUT2D eigenvalue weighted by atomic mass is 9.80. The molecule has 1 atom stereocenters. The van der Waals surface area contributed by atoms with Crippen molar-refractivity contribution in [3.05, 3.63) is 80.5 Å². The number of hydrogen-bond acceptors (Lipinski definition) is 5. The third-order valence-electron chi connectivity index (χ3n) is 5.16. The minimum atomic E-state index is -0.536. The van der Waals surface area contributed by atoms with Crippen LogP contribution in [0.4, 0.5) is 0 Å². The second-order valence-corrected chi connectivity index (χ2v) is 7.50. The van der Waals surface area contributed by atoms with Gasteiger partial charge in [-0.2, -0.15) is 0 Å². The van der Waals surface area contributed by atoms with E-state index in [-0.39, 0.29) is 5.78 Å². The number of methoxy groups -OCH3 is 2. The van der Waals surface area contributed by atoms with Crippen LogP contribution < -0.4 is 10.1 Å². The third-order valence-corrected chi connectivity index (χ3v) is 5.78. The summed E-state index contributed by atoms with van der Waals surface area (Å²) >= 11 is 3.51. The van der Waals surface area contributed by atoms with Crippen molar-refractivity contribution in [3.8, 4) is 5.75 Å². The molecule has 142 valence electrons. The van der Waals surface area contributed by atoms with Gasteiger partial charge >= 0.3 is 5.97 Å². The number of ketones is 1. The SMILES string of the molecule is COC(=O)C1=C(C)NC2=C(C(=O)c3ccccc32)[C@H]1c1ccc(OC)c(Br)c1. The average Bonchev–Trinajstić information content (AvgIpc) is 2.98. The van der Waals surface area contributed by atoms with Gasteiger partial charge in [-0.25, -0.2) is 4.79 Å². The van der Waals surface area contributed by atoms with Crippen molar-refractivity contribution >= 4 is 33.4 Å². The Morgan fingerprint density at radius 1 is 1.11 bits per heavy atom. The van der Waals surface area contributed by atoms with E-state index in [0.29, 0.717) is 28.2 Å². The van der Waals surface area contributed by atoms with Gasteiger partial charge in [0.1, 0.15) is 5.75 Å². The van der Waals surface area contributed by atoms with E-state index in [9.17, 15) is 9.59 Å². The van der Waals surface area contributed by atoms with E-state index in [1.807, 2.05) is 49.4 Å². The number of hydrogen-bond donors (Lipinski definition) is 1. The van der Waals surface area contributed by atoms with Gasteiger partial charge in [0.2, 0.25) is 0 Å². The number of dihydropyridines is 1. The van der Waals surface area contributed by atoms with Crippen molar-refractivity contribution < 1.29 is 19.1 Å². The van der Waals surface area contributed by atoms with Crippen LogP contribution in [0.1, 0.15) is 34.3 Å². The quantitative estimate of drug-likeness (QED) is 0.725. The topological polar surface area (TPSA) is 64.6 Å². The monoisotopic (exact) mass is 439 g/mol. The lowest BCUT2D eigenvalue weighted by molar-refractivity contribution is -0.136. The Labute approximate surface area is 171 Å². The minimum Gasteiger partial charge on any atom is -0.496 e. The molecule has 4 rings (SSSR count). The van der Waals surface area contributed by atoms with E-state index in [1.54, 1.807) is 7.11 Å². The van der Waals surface area contributed by atoms with E-state index in [1.165, 1.54) is 7.11 Å². The molecule has 0 spiro atoms. The summed E-state index contributed by atoms with van der Waals surface area (Å²) in [6.07, 6.45) is 0. The summed E-state index contributed by atoms with van der Waals surface area (Å²) in [6.45, 7) is 1.83. The van der Waals surface area contributed by atoms with Crippen molar-refractivity contribution in [2.45, 2.75) is 12.8 Å². The van der Waals surface area contributed by atoms with Gasteiger partial charge in [0.05, 0.1) is 30.0 Å². The Morgan fingerprint density at radius 3 is 2.46 bits per heavy atom. The molecule has 0 unspecified atom stereocenters. The molecule has 5 nitrogen and oxygen atoms in total. The minimum absolute atomic E-state index is 0.0797. The molecule has 1 N–H and O–H groups in total. The summed E-state index contributed by atoms with van der Waals surface area (Å²) < 4.78 is 11.1. The average molecular weight is 440 g/mol. The highest BCUT2D eigenvalue weighted by Gasteiger charge is 2.42. The van der Waals surface area contributed by atoms with Gasteiger partial charge in [0.25, 0.3) is 0 Å². The zero-order valence-corrected chi connectivity index (χ0v) is 17.2. The molecular weight excluding hydrogens is 422 g/mol. The molecular formula is C22H18BrNO4. The highest BCUT2D eigenvalue weighted by Crippen LogP contribution is 2.47. The molecule has 28 heavy (non-hydrogen) atoms. The first kappa shape index (κ1) is 18.5. The number of benzene rings is 2. The number of Topliss-reactive ketones (excluding diaryl/α,β-unsaturated/α-hetero) is 1. The molecule has 0 saturated heterocycles. The molecule has 1 heterocycles. The normalized spacial score (nSPS) is 17.9. The summed E-state index contributed by atoms with van der Waals surface area (Å²) in [4.78, 5) is 25.9. The van der Waals surface area contributed by atoms with E-state index in [2.05, 4.69) is 21.2 Å². The molecule has 6 heteroatoms. The van der Waals surface area contributed by atoms with Crippen molar-refractivity contribution in [1.29, 1.82) is 0 Å². The standard InChI is InChI=1S/C22H18BrNO4/c1-11-17(22(26)28-3)18(12-8-9-16(27-2)15(23)10-12)19-20(24-11)13-6-4-5-7-14(13)21(19)25/h4-10,18,24H,1-3H3/t18-/m0/s1. The molecule has 2 aliphatic rings. The summed E-state index contributed by atoms with van der Waals surface area (Å²) in [7, 11) is 2.94. The van der Waals surface area contributed by atoms with Crippen molar-refractivity contribution in [3.63, 3.8) is 0 Å². The maximum absolute atomic E-state index is 13.3. The predicted octanol–water partition coefficient (Wildman–Crippen LogP) is 4.20. The number of halogens is 1. The fourth-order valence-electron chi connectivity index (χ4n) is 3.91. The van der Waals surface area contributed by atoms with Crippen LogP contribution in [0.2, 0.25) is 0 Å². The molecule has 1 aliphatic heterocycles. The van der Waals surface area contributed by atoms with Crippen LogP contribution in [-0.2, 0) is 9.53 Å². The van der Waals surface area contributed by atoms with E-state index >= 15 is 0 Å². The Morgan fingerprint density at radius 2 is 1.82 bits per heavy atom. The highest BCUT2D eigenvalue weighted by atomic mass is 79.9. The van der Waals surface area contributed by atoms with Crippen LogP contribution in [0.25, 0.3) is 5.70 Å². The van der Waals surface area contributed by atoms with Crippen molar-refractivity contribution in [1.82, 2.24) is 5.32 Å². The van der Waals surface area contributed by atoms with Crippen molar-refractivity contribution in [2.24, 2.45) is 0 Å². The first-order chi connectivity index (χ1) is 13.5. The number of fused-ring (bicyclic) bond motifs is 2. The molecule has 0 fully saturated rings. The number of carbonyl (C=O) groups is 2. The second-order valence-electron chi connectivity index (χ2n) is 6.65. The summed E-state index contributed by atoms with van der Waals surface area (Å²) in [6, 6.07) is 13.0. The molecule has 2 aromatic carbocycles. The highest BCUT2D eigenvalue weighted by molar-refractivity contribution is 9.10. The Bertz CT molecular complexity index is 1080. The number of nitrogens with one attached hydrogen (secondary N) is 1. The Kier molecular flexibility index (Phi) is 4.59. The summed E-state index contributed by atoms with van der Waals surface area (Å²) in [5.74, 6) is -0.403. The van der Waals surface area contributed by atoms with E-state index < -0.39 is 11.9 Å². The van der Waals surface area contributed by atoms with Gasteiger partial charge in [-0.15, -0.1) is 0 Å². The second kappa shape index (κ2) is 6.95. The first-order valence-electron chi connectivity index (χ1n) is 8.75. The summed E-state index contributed by atoms with van der Waals surface area (Å²) in [5, 5.41) is 3.27. The number of ether oxygens (including phenoxy) is 2. The van der Waals surface area contributed by atoms with Gasteiger partial charge in [-0.05, 0) is 40.5 Å². The molecule has 0 aromatic heterocycles. The van der Waals surface area contributed by atoms with E-state index in [0.717, 1.165) is 21.3 Å². The fraction of sp³-hybridized carbons (Fsp3) is 0.182. The zero-order chi connectivity index (χ0) is 20.0. The molecule has 0 saturated carbocycles.